The van der Waals surface area contributed by atoms with Crippen LogP contribution in [-0.2, 0) is 20.0 Å². The lowest BCUT2D eigenvalue weighted by molar-refractivity contribution is 0.415. The van der Waals surface area contributed by atoms with Crippen molar-refractivity contribution in [1.29, 1.82) is 0 Å². The number of ether oxygens (including phenoxy) is 1. The number of methoxy groups -OCH3 is 1. The van der Waals surface area contributed by atoms with Crippen LogP contribution in [0.4, 0.5) is 0 Å². The number of benzene rings is 1. The van der Waals surface area contributed by atoms with Crippen LogP contribution >= 0.6 is 12.2 Å². The van der Waals surface area contributed by atoms with Crippen molar-refractivity contribution < 1.29 is 4.74 Å². The van der Waals surface area contributed by atoms with Crippen LogP contribution in [-0.4, -0.2) is 21.2 Å². The molecule has 3 heterocycles. The third-order valence-corrected chi connectivity index (χ3v) is 5.33. The van der Waals surface area contributed by atoms with Gasteiger partial charge in [-0.05, 0) is 48.7 Å². The van der Waals surface area contributed by atoms with Gasteiger partial charge in [-0.1, -0.05) is 18.6 Å². The summed E-state index contributed by atoms with van der Waals surface area (Å²) in [6.07, 6.45) is 4.66. The van der Waals surface area contributed by atoms with Crippen LogP contribution in [0.15, 0.2) is 30.3 Å². The zero-order valence-electron chi connectivity index (χ0n) is 14.1. The maximum absolute atomic E-state index is 5.79. The third kappa shape index (κ3) is 2.44. The van der Waals surface area contributed by atoms with Crippen molar-refractivity contribution in [3.63, 3.8) is 0 Å². The van der Waals surface area contributed by atoms with Crippen LogP contribution in [0.1, 0.15) is 25.1 Å². The highest BCUT2D eigenvalue weighted by molar-refractivity contribution is 7.71. The van der Waals surface area contributed by atoms with Crippen LogP contribution in [0.5, 0.6) is 5.75 Å². The summed E-state index contributed by atoms with van der Waals surface area (Å²) >= 11 is 5.79. The molecule has 0 saturated carbocycles. The standard InChI is InChI=1S/C19H21N3OS/c1-21-16(13-7-9-14(23-2)10-8-13)12-15-18(21)20-17-6-4-3-5-11-22(17)19(15)24/h7-10,12H,3-6,11H2,1-2H3. The van der Waals surface area contributed by atoms with Gasteiger partial charge in [0.2, 0.25) is 0 Å². The summed E-state index contributed by atoms with van der Waals surface area (Å²) in [7, 11) is 3.75. The van der Waals surface area contributed by atoms with E-state index in [1.807, 2.05) is 12.1 Å². The Balaban J connectivity index is 1.91. The maximum Gasteiger partial charge on any atom is 0.145 e. The van der Waals surface area contributed by atoms with Gasteiger partial charge in [0.25, 0.3) is 0 Å². The predicted molar refractivity (Wildman–Crippen MR) is 99.1 cm³/mol. The van der Waals surface area contributed by atoms with E-state index >= 15 is 0 Å². The molecule has 4 rings (SSSR count). The van der Waals surface area contributed by atoms with Crippen molar-refractivity contribution in [3.05, 3.63) is 40.8 Å². The van der Waals surface area contributed by atoms with Crippen LogP contribution < -0.4 is 4.74 Å². The van der Waals surface area contributed by atoms with E-state index < -0.39 is 0 Å². The first-order valence-electron chi connectivity index (χ1n) is 8.42. The fourth-order valence-corrected chi connectivity index (χ4v) is 3.87. The fraction of sp³-hybridized carbons (Fsp3) is 0.368. The van der Waals surface area contributed by atoms with Gasteiger partial charge >= 0.3 is 0 Å². The Morgan fingerprint density at radius 3 is 2.67 bits per heavy atom. The minimum atomic E-state index is 0.863. The third-order valence-electron chi connectivity index (χ3n) is 4.89. The lowest BCUT2D eigenvalue weighted by Gasteiger charge is -2.11. The van der Waals surface area contributed by atoms with Crippen molar-refractivity contribution in [2.45, 2.75) is 32.2 Å². The van der Waals surface area contributed by atoms with Crippen molar-refractivity contribution in [2.75, 3.05) is 7.11 Å². The lowest BCUT2D eigenvalue weighted by atomic mass is 10.1. The van der Waals surface area contributed by atoms with E-state index in [4.69, 9.17) is 21.9 Å². The highest BCUT2D eigenvalue weighted by Gasteiger charge is 2.16. The van der Waals surface area contributed by atoms with E-state index in [9.17, 15) is 0 Å². The average Bonchev–Trinajstić information content (AvgIpc) is 2.79. The second kappa shape index (κ2) is 6.06. The Morgan fingerprint density at radius 2 is 1.92 bits per heavy atom. The molecule has 0 bridgehead atoms. The number of hydrogen-bond acceptors (Lipinski definition) is 3. The summed E-state index contributed by atoms with van der Waals surface area (Å²) in [5.74, 6) is 1.99. The highest BCUT2D eigenvalue weighted by Crippen LogP contribution is 2.29. The molecule has 0 atom stereocenters. The molecule has 124 valence electrons. The second-order valence-corrected chi connectivity index (χ2v) is 6.74. The molecule has 0 N–H and O–H groups in total. The van der Waals surface area contributed by atoms with Gasteiger partial charge < -0.3 is 13.9 Å². The highest BCUT2D eigenvalue weighted by atomic mass is 32.1. The largest absolute Gasteiger partial charge is 0.497 e. The molecule has 0 amide bonds. The van der Waals surface area contributed by atoms with Crippen molar-refractivity contribution in [1.82, 2.24) is 14.1 Å². The summed E-state index contributed by atoms with van der Waals surface area (Å²) in [5, 5.41) is 1.07. The topological polar surface area (TPSA) is 32.0 Å². The summed E-state index contributed by atoms with van der Waals surface area (Å²) < 4.78 is 10.6. The molecule has 2 aromatic heterocycles. The summed E-state index contributed by atoms with van der Waals surface area (Å²) in [6.45, 7) is 0.990. The monoisotopic (exact) mass is 339 g/mol. The number of rotatable bonds is 2. The number of aryl methyl sites for hydroxylation is 2. The first-order valence-corrected chi connectivity index (χ1v) is 8.83. The number of nitrogens with zero attached hydrogens (tertiary/aromatic N) is 3. The Hall–Kier alpha value is -2.14. The molecule has 0 radical (unpaired) electrons. The van der Waals surface area contributed by atoms with E-state index in [-0.39, 0.29) is 0 Å². The SMILES string of the molecule is COc1ccc(-c2cc3c(=S)n4c(nc3n2C)CCCCC4)cc1. The first kappa shape index (κ1) is 15.4. The van der Waals surface area contributed by atoms with E-state index in [1.165, 1.54) is 19.3 Å². The molecule has 24 heavy (non-hydrogen) atoms. The first-order chi connectivity index (χ1) is 11.7. The van der Waals surface area contributed by atoms with Crippen LogP contribution in [0, 0.1) is 4.64 Å². The van der Waals surface area contributed by atoms with Crippen LogP contribution in [0.3, 0.4) is 0 Å². The van der Waals surface area contributed by atoms with E-state index in [0.29, 0.717) is 0 Å². The molecule has 1 aliphatic heterocycles. The zero-order valence-corrected chi connectivity index (χ0v) is 14.9. The van der Waals surface area contributed by atoms with E-state index in [0.717, 1.165) is 51.5 Å². The summed E-state index contributed by atoms with van der Waals surface area (Å²) in [6, 6.07) is 10.3. The van der Waals surface area contributed by atoms with Gasteiger partial charge in [0.15, 0.2) is 0 Å². The molecule has 0 aliphatic carbocycles. The number of fused-ring (bicyclic) bond motifs is 2. The minimum Gasteiger partial charge on any atom is -0.497 e. The average molecular weight is 339 g/mol. The second-order valence-electron chi connectivity index (χ2n) is 6.35. The molecular formula is C19H21N3OS. The molecule has 0 spiro atoms. The normalized spacial score (nSPS) is 14.4. The molecule has 4 nitrogen and oxygen atoms in total. The maximum atomic E-state index is 5.79. The van der Waals surface area contributed by atoms with Crippen LogP contribution in [0.2, 0.25) is 0 Å². The number of hydrogen-bond donors (Lipinski definition) is 0. The van der Waals surface area contributed by atoms with Crippen LogP contribution in [0.25, 0.3) is 22.3 Å². The van der Waals surface area contributed by atoms with Gasteiger partial charge in [0.1, 0.15) is 21.9 Å². The van der Waals surface area contributed by atoms with Gasteiger partial charge in [-0.2, -0.15) is 0 Å². The number of aromatic nitrogens is 3. The van der Waals surface area contributed by atoms with Gasteiger partial charge in [-0.15, -0.1) is 0 Å². The molecule has 0 fully saturated rings. The zero-order chi connectivity index (χ0) is 16.7. The Labute approximate surface area is 146 Å². The summed E-state index contributed by atoms with van der Waals surface area (Å²) in [5.41, 5.74) is 3.26. The van der Waals surface area contributed by atoms with Crippen molar-refractivity contribution in [2.24, 2.45) is 7.05 Å². The minimum absolute atomic E-state index is 0.863. The van der Waals surface area contributed by atoms with Crippen molar-refractivity contribution >= 4 is 23.3 Å². The van der Waals surface area contributed by atoms with Gasteiger partial charge in [-0.25, -0.2) is 4.98 Å². The molecule has 0 saturated heterocycles. The van der Waals surface area contributed by atoms with Gasteiger partial charge in [-0.3, -0.25) is 0 Å². The fourth-order valence-electron chi connectivity index (χ4n) is 3.52. The van der Waals surface area contributed by atoms with Gasteiger partial charge in [0.05, 0.1) is 18.2 Å². The molecule has 0 unspecified atom stereocenters. The van der Waals surface area contributed by atoms with Crippen molar-refractivity contribution in [3.8, 4) is 17.0 Å². The summed E-state index contributed by atoms with van der Waals surface area (Å²) in [4.78, 5) is 4.95. The lowest BCUT2D eigenvalue weighted by Crippen LogP contribution is -2.09. The molecule has 5 heteroatoms. The Morgan fingerprint density at radius 1 is 1.12 bits per heavy atom. The molecular weight excluding hydrogens is 318 g/mol. The van der Waals surface area contributed by atoms with Gasteiger partial charge in [0, 0.05) is 20.0 Å². The predicted octanol–water partition coefficient (Wildman–Crippen LogP) is 4.51. The molecule has 3 aromatic rings. The molecule has 1 aliphatic rings. The quantitative estimate of drug-likeness (QED) is 0.644. The Bertz CT molecular complexity index is 953. The Kier molecular flexibility index (Phi) is 3.88. The van der Waals surface area contributed by atoms with E-state index in [1.54, 1.807) is 7.11 Å². The smallest absolute Gasteiger partial charge is 0.145 e. The van der Waals surface area contributed by atoms with E-state index in [2.05, 4.69) is 34.4 Å². The molecule has 1 aromatic carbocycles.